The highest BCUT2D eigenvalue weighted by Gasteiger charge is 2.13. The molecule has 3 rings (SSSR count). The third kappa shape index (κ3) is 2.76. The van der Waals surface area contributed by atoms with Crippen LogP contribution in [0.3, 0.4) is 0 Å². The van der Waals surface area contributed by atoms with E-state index in [2.05, 4.69) is 0 Å². The largest absolute Gasteiger partial charge is 0.466 e. The highest BCUT2D eigenvalue weighted by atomic mass is 16.7. The number of methoxy groups -OCH3 is 1. The lowest BCUT2D eigenvalue weighted by atomic mass is 10.1. The molecule has 3 aromatic rings. The average Bonchev–Trinajstić information content (AvgIpc) is 2.93. The van der Waals surface area contributed by atoms with Gasteiger partial charge in [-0.05, 0) is 12.1 Å². The monoisotopic (exact) mass is 290 g/mol. The van der Waals surface area contributed by atoms with Crippen molar-refractivity contribution in [1.29, 1.82) is 0 Å². The maximum atomic E-state index is 11.3. The number of ether oxygens (including phenoxy) is 3. The number of rotatable bonds is 6. The van der Waals surface area contributed by atoms with E-state index >= 15 is 0 Å². The molecule has 0 atom stereocenters. The summed E-state index contributed by atoms with van der Waals surface area (Å²) in [7, 11) is 1.60. The fraction of sp³-hybridized carbons (Fsp3) is 0.267. The zero-order valence-corrected chi connectivity index (χ0v) is 11.5. The molecule has 0 fully saturated rings. The van der Waals surface area contributed by atoms with Gasteiger partial charge in [-0.2, -0.15) is 0 Å². The fourth-order valence-electron chi connectivity index (χ4n) is 2.07. The molecule has 110 valence electrons. The van der Waals surface area contributed by atoms with Crippen LogP contribution >= 0.6 is 0 Å². The molecule has 0 spiro atoms. The van der Waals surface area contributed by atoms with Crippen LogP contribution in [0.15, 0.2) is 44.2 Å². The van der Waals surface area contributed by atoms with E-state index in [0.29, 0.717) is 35.5 Å². The van der Waals surface area contributed by atoms with Gasteiger partial charge in [0.05, 0.1) is 30.2 Å². The van der Waals surface area contributed by atoms with Crippen molar-refractivity contribution in [3.63, 3.8) is 0 Å². The highest BCUT2D eigenvalue weighted by molar-refractivity contribution is 6.01. The minimum absolute atomic E-state index is 0.0713. The Bertz CT molecular complexity index is 801. The quantitative estimate of drug-likeness (QED) is 0.395. The first-order valence-corrected chi connectivity index (χ1v) is 6.43. The zero-order valence-electron chi connectivity index (χ0n) is 11.5. The van der Waals surface area contributed by atoms with Crippen molar-refractivity contribution < 1.29 is 23.0 Å². The van der Waals surface area contributed by atoms with Crippen molar-refractivity contribution in [3.05, 3.63) is 40.9 Å². The second-order valence-electron chi connectivity index (χ2n) is 4.37. The number of hydrogen-bond donors (Lipinski definition) is 0. The summed E-state index contributed by atoms with van der Waals surface area (Å²) in [5.74, 6) is 0.567. The lowest BCUT2D eigenvalue weighted by molar-refractivity contribution is -0.00717. The van der Waals surface area contributed by atoms with Gasteiger partial charge in [0.25, 0.3) is 0 Å². The molecule has 0 aliphatic carbocycles. The summed E-state index contributed by atoms with van der Waals surface area (Å²) in [6.07, 6.45) is 1.56. The van der Waals surface area contributed by atoms with Crippen molar-refractivity contribution in [2.75, 3.05) is 27.1 Å². The van der Waals surface area contributed by atoms with Crippen LogP contribution < -0.4 is 10.4 Å². The molecule has 21 heavy (non-hydrogen) atoms. The Hall–Kier alpha value is -2.31. The van der Waals surface area contributed by atoms with E-state index < -0.39 is 5.63 Å². The van der Waals surface area contributed by atoms with Crippen molar-refractivity contribution in [3.8, 4) is 5.75 Å². The van der Waals surface area contributed by atoms with E-state index in [9.17, 15) is 4.79 Å². The third-order valence-electron chi connectivity index (χ3n) is 3.03. The summed E-state index contributed by atoms with van der Waals surface area (Å²) in [6, 6.07) is 6.49. The zero-order chi connectivity index (χ0) is 14.7. The first-order chi connectivity index (χ1) is 10.3. The Morgan fingerprint density at radius 3 is 2.81 bits per heavy atom. The molecule has 0 saturated carbocycles. The van der Waals surface area contributed by atoms with Crippen LogP contribution in [0.1, 0.15) is 0 Å². The summed E-state index contributed by atoms with van der Waals surface area (Å²) in [6.45, 7) is 1.00. The summed E-state index contributed by atoms with van der Waals surface area (Å²) >= 11 is 0. The molecule has 6 nitrogen and oxygen atoms in total. The summed E-state index contributed by atoms with van der Waals surface area (Å²) < 4.78 is 26.4. The molecule has 0 unspecified atom stereocenters. The lowest BCUT2D eigenvalue weighted by Crippen LogP contribution is -2.08. The minimum atomic E-state index is -0.421. The topological polar surface area (TPSA) is 71.0 Å². The summed E-state index contributed by atoms with van der Waals surface area (Å²) in [5.41, 5.74) is 0.580. The van der Waals surface area contributed by atoms with Crippen LogP contribution in [-0.4, -0.2) is 27.1 Å². The van der Waals surface area contributed by atoms with E-state index in [1.807, 2.05) is 0 Å². The van der Waals surface area contributed by atoms with Gasteiger partial charge in [-0.3, -0.25) is 0 Å². The van der Waals surface area contributed by atoms with Gasteiger partial charge in [-0.1, -0.05) is 0 Å². The molecule has 0 amide bonds. The Kier molecular flexibility index (Phi) is 3.89. The van der Waals surface area contributed by atoms with E-state index in [1.165, 1.54) is 6.07 Å². The van der Waals surface area contributed by atoms with Crippen molar-refractivity contribution in [2.24, 2.45) is 0 Å². The third-order valence-corrected chi connectivity index (χ3v) is 3.03. The SMILES string of the molecule is COCCOCOc1c2ccoc2cc2oc(=O)ccc12. The van der Waals surface area contributed by atoms with Gasteiger partial charge >= 0.3 is 5.63 Å². The molecule has 0 radical (unpaired) electrons. The second kappa shape index (κ2) is 5.99. The average molecular weight is 290 g/mol. The molecule has 0 aliphatic rings. The summed E-state index contributed by atoms with van der Waals surface area (Å²) in [4.78, 5) is 11.3. The van der Waals surface area contributed by atoms with Crippen molar-refractivity contribution in [2.45, 2.75) is 0 Å². The number of fused-ring (bicyclic) bond motifs is 2. The van der Waals surface area contributed by atoms with Crippen LogP contribution in [0.25, 0.3) is 21.9 Å². The lowest BCUT2D eigenvalue weighted by Gasteiger charge is -2.10. The normalized spacial score (nSPS) is 11.3. The number of benzene rings is 1. The van der Waals surface area contributed by atoms with E-state index in [-0.39, 0.29) is 6.79 Å². The Morgan fingerprint density at radius 1 is 1.10 bits per heavy atom. The van der Waals surface area contributed by atoms with Gasteiger partial charge in [0, 0.05) is 19.2 Å². The second-order valence-corrected chi connectivity index (χ2v) is 4.37. The van der Waals surface area contributed by atoms with Gasteiger partial charge in [0.15, 0.2) is 6.79 Å². The van der Waals surface area contributed by atoms with Crippen LogP contribution in [0, 0.1) is 0 Å². The smallest absolute Gasteiger partial charge is 0.336 e. The molecular formula is C15H14O6. The predicted molar refractivity (Wildman–Crippen MR) is 75.6 cm³/mol. The first-order valence-electron chi connectivity index (χ1n) is 6.43. The van der Waals surface area contributed by atoms with Crippen molar-refractivity contribution >= 4 is 21.9 Å². The molecule has 1 aromatic carbocycles. The van der Waals surface area contributed by atoms with Crippen LogP contribution in [-0.2, 0) is 9.47 Å². The van der Waals surface area contributed by atoms with Crippen LogP contribution in [0.4, 0.5) is 0 Å². The van der Waals surface area contributed by atoms with Gasteiger partial charge in [-0.25, -0.2) is 4.79 Å². The van der Waals surface area contributed by atoms with Gasteiger partial charge in [0.2, 0.25) is 0 Å². The van der Waals surface area contributed by atoms with E-state index in [0.717, 1.165) is 5.39 Å². The molecule has 0 saturated heterocycles. The van der Waals surface area contributed by atoms with E-state index in [1.54, 1.807) is 31.6 Å². The fourth-order valence-corrected chi connectivity index (χ4v) is 2.07. The molecule has 6 heteroatoms. The standard InChI is InChI=1S/C15H14O6/c1-17-6-7-18-9-20-15-10-2-3-14(16)21-13(10)8-12-11(15)4-5-19-12/h2-5,8H,6-7,9H2,1H3. The molecule has 0 bridgehead atoms. The predicted octanol–water partition coefficient (Wildman–Crippen LogP) is 2.54. The van der Waals surface area contributed by atoms with Gasteiger partial charge in [-0.15, -0.1) is 0 Å². The Morgan fingerprint density at radius 2 is 1.95 bits per heavy atom. The Labute approximate surface area is 119 Å². The van der Waals surface area contributed by atoms with Crippen LogP contribution in [0.5, 0.6) is 5.75 Å². The molecule has 0 N–H and O–H groups in total. The number of furan rings is 1. The van der Waals surface area contributed by atoms with Crippen molar-refractivity contribution in [1.82, 2.24) is 0 Å². The minimum Gasteiger partial charge on any atom is -0.466 e. The highest BCUT2D eigenvalue weighted by Crippen LogP contribution is 2.34. The molecule has 0 aliphatic heterocycles. The number of hydrogen-bond acceptors (Lipinski definition) is 6. The van der Waals surface area contributed by atoms with Gasteiger partial charge < -0.3 is 23.0 Å². The summed E-state index contributed by atoms with van der Waals surface area (Å²) in [5, 5.41) is 1.49. The van der Waals surface area contributed by atoms with E-state index in [4.69, 9.17) is 23.0 Å². The molecule has 2 aromatic heterocycles. The van der Waals surface area contributed by atoms with Crippen LogP contribution in [0.2, 0.25) is 0 Å². The molecular weight excluding hydrogens is 276 g/mol. The van der Waals surface area contributed by atoms with Gasteiger partial charge in [0.1, 0.15) is 16.9 Å². The molecule has 2 heterocycles. The maximum absolute atomic E-state index is 11.3. The first kappa shape index (κ1) is 13.7. The maximum Gasteiger partial charge on any atom is 0.336 e. The Balaban J connectivity index is 1.96.